The van der Waals surface area contributed by atoms with E-state index in [2.05, 4.69) is 15.6 Å². The zero-order valence-electron chi connectivity index (χ0n) is 10.7. The second-order valence-corrected chi connectivity index (χ2v) is 5.23. The number of benzene rings is 1. The summed E-state index contributed by atoms with van der Waals surface area (Å²) in [5, 5.41) is 9.00. The number of ether oxygens (including phenoxy) is 1. The van der Waals surface area contributed by atoms with Crippen molar-refractivity contribution in [1.29, 1.82) is 5.26 Å². The van der Waals surface area contributed by atoms with Gasteiger partial charge in [0.1, 0.15) is 0 Å². The Morgan fingerprint density at radius 3 is 3.00 bits per heavy atom. The molecule has 1 saturated carbocycles. The van der Waals surface area contributed by atoms with E-state index in [-0.39, 0.29) is 0 Å². The van der Waals surface area contributed by atoms with E-state index < -0.39 is 0 Å². The van der Waals surface area contributed by atoms with Crippen LogP contribution < -0.4 is 0 Å². The fourth-order valence-electron chi connectivity index (χ4n) is 2.67. The summed E-state index contributed by atoms with van der Waals surface area (Å²) in [5.74, 6) is 0. The second-order valence-electron chi connectivity index (χ2n) is 4.85. The van der Waals surface area contributed by atoms with Crippen LogP contribution in [0.3, 0.4) is 0 Å². The van der Waals surface area contributed by atoms with Crippen molar-refractivity contribution < 1.29 is 4.74 Å². The molecule has 1 aliphatic carbocycles. The molecule has 5 heteroatoms. The summed E-state index contributed by atoms with van der Waals surface area (Å²) in [5.41, 5.74) is 2.67. The minimum absolute atomic E-state index is 0.348. The van der Waals surface area contributed by atoms with Crippen LogP contribution in [-0.4, -0.2) is 22.3 Å². The van der Waals surface area contributed by atoms with Gasteiger partial charge in [0.25, 0.3) is 0 Å². The molecule has 0 spiro atoms. The fourth-order valence-corrected chi connectivity index (χ4v) is 3.03. The Labute approximate surface area is 116 Å². The SMILES string of the molecule is CCOC1CC(n2c(=S)[nH]c3ccc(C#N)cc32)C1. The van der Waals surface area contributed by atoms with Crippen LogP contribution in [0, 0.1) is 16.1 Å². The third kappa shape index (κ3) is 2.07. The molecule has 1 aliphatic rings. The number of fused-ring (bicyclic) bond motifs is 1. The number of H-pyrrole nitrogens is 1. The molecule has 0 bridgehead atoms. The Morgan fingerprint density at radius 1 is 1.53 bits per heavy atom. The summed E-state index contributed by atoms with van der Waals surface area (Å²) in [6.45, 7) is 2.78. The third-order valence-corrected chi connectivity index (χ3v) is 3.98. The van der Waals surface area contributed by atoms with Crippen molar-refractivity contribution >= 4 is 23.3 Å². The standard InChI is InChI=1S/C14H15N3OS/c1-2-18-11-6-10(7-11)17-13-5-9(8-15)3-4-12(13)16-14(17)19/h3-5,10-11H,2,6-7H2,1H3,(H,16,19). The van der Waals surface area contributed by atoms with Gasteiger partial charge < -0.3 is 14.3 Å². The van der Waals surface area contributed by atoms with Crippen molar-refractivity contribution in [2.24, 2.45) is 0 Å². The number of imidazole rings is 1. The van der Waals surface area contributed by atoms with Crippen molar-refractivity contribution in [2.45, 2.75) is 31.9 Å². The molecule has 0 amide bonds. The third-order valence-electron chi connectivity index (χ3n) is 3.68. The maximum Gasteiger partial charge on any atom is 0.178 e. The largest absolute Gasteiger partial charge is 0.378 e. The number of nitriles is 1. The summed E-state index contributed by atoms with van der Waals surface area (Å²) in [6.07, 6.45) is 2.33. The van der Waals surface area contributed by atoms with E-state index in [1.165, 1.54) is 0 Å². The van der Waals surface area contributed by atoms with Crippen LogP contribution in [0.5, 0.6) is 0 Å². The second kappa shape index (κ2) is 4.80. The number of hydrogen-bond donors (Lipinski definition) is 1. The molecule has 1 aromatic heterocycles. The van der Waals surface area contributed by atoms with Crippen LogP contribution in [0.1, 0.15) is 31.4 Å². The first-order valence-electron chi connectivity index (χ1n) is 6.49. The number of aromatic nitrogens is 2. The molecule has 0 aliphatic heterocycles. The van der Waals surface area contributed by atoms with Gasteiger partial charge in [-0.3, -0.25) is 0 Å². The number of rotatable bonds is 3. The van der Waals surface area contributed by atoms with Crippen molar-refractivity contribution in [3.05, 3.63) is 28.5 Å². The van der Waals surface area contributed by atoms with Gasteiger partial charge in [0, 0.05) is 12.6 Å². The smallest absolute Gasteiger partial charge is 0.178 e. The van der Waals surface area contributed by atoms with Gasteiger partial charge in [-0.05, 0) is 50.2 Å². The fraction of sp³-hybridized carbons (Fsp3) is 0.429. The van der Waals surface area contributed by atoms with Crippen LogP contribution in [0.2, 0.25) is 0 Å². The molecule has 19 heavy (non-hydrogen) atoms. The van der Waals surface area contributed by atoms with Gasteiger partial charge in [-0.25, -0.2) is 0 Å². The lowest BCUT2D eigenvalue weighted by Gasteiger charge is -2.36. The summed E-state index contributed by atoms with van der Waals surface area (Å²) in [4.78, 5) is 3.20. The predicted molar refractivity (Wildman–Crippen MR) is 75.5 cm³/mol. The van der Waals surface area contributed by atoms with Crippen LogP contribution in [0.15, 0.2) is 18.2 Å². The number of nitrogens with zero attached hydrogens (tertiary/aromatic N) is 2. The first-order chi connectivity index (χ1) is 9.22. The number of aromatic amines is 1. The predicted octanol–water partition coefficient (Wildman–Crippen LogP) is 3.31. The van der Waals surface area contributed by atoms with Crippen molar-refractivity contribution in [3.63, 3.8) is 0 Å². The van der Waals surface area contributed by atoms with Gasteiger partial charge in [0.15, 0.2) is 4.77 Å². The molecule has 3 rings (SSSR count). The van der Waals surface area contributed by atoms with E-state index in [1.807, 2.05) is 25.1 Å². The van der Waals surface area contributed by atoms with E-state index >= 15 is 0 Å². The molecule has 0 atom stereocenters. The van der Waals surface area contributed by atoms with Gasteiger partial charge in [0.2, 0.25) is 0 Å². The van der Waals surface area contributed by atoms with Gasteiger partial charge in [0.05, 0.1) is 28.8 Å². The monoisotopic (exact) mass is 273 g/mol. The highest BCUT2D eigenvalue weighted by atomic mass is 32.1. The maximum atomic E-state index is 9.00. The van der Waals surface area contributed by atoms with E-state index in [0.717, 1.165) is 35.3 Å². The molecular formula is C14H15N3OS. The summed E-state index contributed by atoms with van der Waals surface area (Å²) in [6, 6.07) is 8.18. The minimum Gasteiger partial charge on any atom is -0.378 e. The Morgan fingerprint density at radius 2 is 2.32 bits per heavy atom. The van der Waals surface area contributed by atoms with E-state index in [4.69, 9.17) is 22.2 Å². The Bertz CT molecular complexity index is 704. The van der Waals surface area contributed by atoms with E-state index in [9.17, 15) is 0 Å². The molecule has 1 aromatic carbocycles. The normalized spacial score (nSPS) is 22.1. The highest BCUT2D eigenvalue weighted by molar-refractivity contribution is 7.71. The quantitative estimate of drug-likeness (QED) is 0.873. The summed E-state index contributed by atoms with van der Waals surface area (Å²) < 4.78 is 8.45. The topological polar surface area (TPSA) is 53.7 Å². The lowest BCUT2D eigenvalue weighted by Crippen LogP contribution is -2.33. The average Bonchev–Trinajstić information content (AvgIpc) is 2.68. The molecule has 1 heterocycles. The molecule has 2 aromatic rings. The highest BCUT2D eigenvalue weighted by Crippen LogP contribution is 2.37. The van der Waals surface area contributed by atoms with Crippen LogP contribution in [-0.2, 0) is 4.74 Å². The zero-order valence-corrected chi connectivity index (χ0v) is 11.5. The van der Waals surface area contributed by atoms with Crippen molar-refractivity contribution in [2.75, 3.05) is 6.61 Å². The van der Waals surface area contributed by atoms with Gasteiger partial charge >= 0.3 is 0 Å². The van der Waals surface area contributed by atoms with Gasteiger partial charge in [-0.1, -0.05) is 0 Å². The minimum atomic E-state index is 0.348. The van der Waals surface area contributed by atoms with E-state index in [0.29, 0.717) is 17.7 Å². The van der Waals surface area contributed by atoms with Gasteiger partial charge in [-0.15, -0.1) is 0 Å². The molecule has 4 nitrogen and oxygen atoms in total. The molecule has 1 fully saturated rings. The number of hydrogen-bond acceptors (Lipinski definition) is 3. The average molecular weight is 273 g/mol. The molecule has 0 radical (unpaired) electrons. The lowest BCUT2D eigenvalue weighted by atomic mass is 9.89. The molecule has 0 saturated heterocycles. The number of nitrogens with one attached hydrogen (secondary N) is 1. The first-order valence-corrected chi connectivity index (χ1v) is 6.89. The Hall–Kier alpha value is -1.64. The maximum absolute atomic E-state index is 9.00. The van der Waals surface area contributed by atoms with Crippen molar-refractivity contribution in [1.82, 2.24) is 9.55 Å². The first kappa shape index (κ1) is 12.4. The highest BCUT2D eigenvalue weighted by Gasteiger charge is 2.32. The van der Waals surface area contributed by atoms with Crippen LogP contribution in [0.4, 0.5) is 0 Å². The Balaban J connectivity index is 1.98. The van der Waals surface area contributed by atoms with Crippen LogP contribution in [0.25, 0.3) is 11.0 Å². The molecular weight excluding hydrogens is 258 g/mol. The Kier molecular flexibility index (Phi) is 3.13. The van der Waals surface area contributed by atoms with Crippen molar-refractivity contribution in [3.8, 4) is 6.07 Å². The molecule has 0 unspecified atom stereocenters. The van der Waals surface area contributed by atoms with Crippen LogP contribution >= 0.6 is 12.2 Å². The zero-order chi connectivity index (χ0) is 13.4. The lowest BCUT2D eigenvalue weighted by molar-refractivity contribution is -0.0190. The molecule has 1 N–H and O–H groups in total. The van der Waals surface area contributed by atoms with Gasteiger partial charge in [-0.2, -0.15) is 5.26 Å². The summed E-state index contributed by atoms with van der Waals surface area (Å²) >= 11 is 5.40. The van der Waals surface area contributed by atoms with E-state index in [1.54, 1.807) is 0 Å². The summed E-state index contributed by atoms with van der Waals surface area (Å²) in [7, 11) is 0. The molecule has 98 valence electrons.